The zero-order valence-corrected chi connectivity index (χ0v) is 23.3. The number of benzene rings is 2. The number of carbonyl (C=O) groups is 1. The minimum Gasteiger partial charge on any atom is -0.328 e. The maximum Gasteiger partial charge on any atom is 0.416 e. The minimum atomic E-state index is -4.52. The largest absolute Gasteiger partial charge is 0.416 e. The number of quaternary nitrogens is 1. The van der Waals surface area contributed by atoms with E-state index in [0.717, 1.165) is 48.1 Å². The highest BCUT2D eigenvalue weighted by Crippen LogP contribution is 2.37. The summed E-state index contributed by atoms with van der Waals surface area (Å²) in [6.45, 7) is 6.22. The molecule has 0 N–H and O–H groups in total. The molecule has 1 aromatic heterocycles. The molecule has 0 saturated heterocycles. The zero-order chi connectivity index (χ0) is 27.2. The van der Waals surface area contributed by atoms with Crippen molar-refractivity contribution in [3.63, 3.8) is 0 Å². The number of rotatable bonds is 11. The summed E-state index contributed by atoms with van der Waals surface area (Å²) >= 11 is 7.33. The van der Waals surface area contributed by atoms with E-state index in [1.54, 1.807) is 23.6 Å². The molecule has 1 amide bonds. The Morgan fingerprint density at radius 1 is 1.08 bits per heavy atom. The number of halogens is 4. The summed E-state index contributed by atoms with van der Waals surface area (Å²) in [5.74, 6) is 0.367. The first-order chi connectivity index (χ1) is 17.4. The van der Waals surface area contributed by atoms with E-state index in [1.165, 1.54) is 28.4 Å². The fourth-order valence-corrected chi connectivity index (χ4v) is 5.20. The molecule has 9 heteroatoms. The average molecular weight is 553 g/mol. The standard InChI is InChI=1S/C28H34ClF3N3OS/c1-20(2)9-7-15-35(3,4)16-8-14-26(36)34(24-13-6-11-22(18-24)28(30,31)32)27-33-25(19-37-27)21-10-5-12-23(29)17-21/h5-6,10-13,17-20H,7-9,14-16H2,1-4H3/q+1. The van der Waals surface area contributed by atoms with Crippen LogP contribution in [-0.2, 0) is 11.0 Å². The molecule has 0 atom stereocenters. The Morgan fingerprint density at radius 2 is 1.78 bits per heavy atom. The van der Waals surface area contributed by atoms with Crippen molar-refractivity contribution in [1.29, 1.82) is 0 Å². The molecule has 0 spiro atoms. The predicted octanol–water partition coefficient (Wildman–Crippen LogP) is 8.44. The highest BCUT2D eigenvalue weighted by atomic mass is 35.5. The Hall–Kier alpha value is -2.42. The number of anilines is 2. The van der Waals surface area contributed by atoms with Gasteiger partial charge in [0, 0.05) is 28.8 Å². The normalized spacial score (nSPS) is 12.2. The lowest BCUT2D eigenvalue weighted by molar-refractivity contribution is -0.890. The van der Waals surface area contributed by atoms with E-state index in [-0.39, 0.29) is 18.0 Å². The van der Waals surface area contributed by atoms with Gasteiger partial charge >= 0.3 is 6.18 Å². The van der Waals surface area contributed by atoms with Gasteiger partial charge in [0.05, 0.1) is 44.1 Å². The van der Waals surface area contributed by atoms with Crippen LogP contribution in [-0.4, -0.2) is 42.6 Å². The Kier molecular flexibility index (Phi) is 9.78. The molecule has 0 fully saturated rings. The van der Waals surface area contributed by atoms with Crippen molar-refractivity contribution >= 4 is 39.7 Å². The van der Waals surface area contributed by atoms with Crippen LogP contribution in [0, 0.1) is 5.92 Å². The van der Waals surface area contributed by atoms with Crippen LogP contribution in [0.5, 0.6) is 0 Å². The Bertz CT molecular complexity index is 1190. The molecule has 3 aromatic rings. The molecule has 0 unspecified atom stereocenters. The average Bonchev–Trinajstić information content (AvgIpc) is 3.28. The second-order valence-corrected chi connectivity index (χ2v) is 11.6. The maximum atomic E-state index is 13.5. The van der Waals surface area contributed by atoms with Gasteiger partial charge in [-0.25, -0.2) is 4.98 Å². The molecule has 0 radical (unpaired) electrons. The van der Waals surface area contributed by atoms with E-state index in [2.05, 4.69) is 32.9 Å². The number of aromatic nitrogens is 1. The molecule has 1 heterocycles. The molecule has 4 nitrogen and oxygen atoms in total. The number of alkyl halides is 3. The Balaban J connectivity index is 1.83. The van der Waals surface area contributed by atoms with Crippen molar-refractivity contribution in [2.24, 2.45) is 5.92 Å². The Labute approximate surface area is 226 Å². The number of carbonyl (C=O) groups excluding carboxylic acids is 1. The number of thiazole rings is 1. The first-order valence-corrected chi connectivity index (χ1v) is 13.7. The monoisotopic (exact) mass is 552 g/mol. The summed E-state index contributed by atoms with van der Waals surface area (Å²) in [5.41, 5.74) is 0.719. The smallest absolute Gasteiger partial charge is 0.328 e. The van der Waals surface area contributed by atoms with Gasteiger partial charge < -0.3 is 4.48 Å². The van der Waals surface area contributed by atoms with Crippen molar-refractivity contribution in [3.8, 4) is 11.3 Å². The zero-order valence-electron chi connectivity index (χ0n) is 21.7. The summed E-state index contributed by atoms with van der Waals surface area (Å²) in [5, 5.41) is 2.65. The molecule has 37 heavy (non-hydrogen) atoms. The molecule has 0 saturated carbocycles. The molecule has 0 aliphatic heterocycles. The van der Waals surface area contributed by atoms with Gasteiger partial charge in [0.15, 0.2) is 5.13 Å². The van der Waals surface area contributed by atoms with Gasteiger partial charge in [-0.05, 0) is 49.1 Å². The molecule has 0 bridgehead atoms. The Morgan fingerprint density at radius 3 is 2.46 bits per heavy atom. The minimum absolute atomic E-state index is 0.150. The molecular formula is C28H34ClF3N3OS+. The molecule has 200 valence electrons. The predicted molar refractivity (Wildman–Crippen MR) is 146 cm³/mol. The van der Waals surface area contributed by atoms with Gasteiger partial charge in [0.2, 0.25) is 5.91 Å². The summed E-state index contributed by atoms with van der Waals surface area (Å²) in [6, 6.07) is 12.0. The molecule has 2 aromatic carbocycles. The summed E-state index contributed by atoms with van der Waals surface area (Å²) in [7, 11) is 4.29. The van der Waals surface area contributed by atoms with Crippen molar-refractivity contribution in [2.45, 2.75) is 45.7 Å². The molecular weight excluding hydrogens is 519 g/mol. The van der Waals surface area contributed by atoms with Crippen molar-refractivity contribution in [2.75, 3.05) is 32.1 Å². The van der Waals surface area contributed by atoms with Gasteiger partial charge in [-0.1, -0.05) is 43.6 Å². The fraction of sp³-hybridized carbons (Fsp3) is 0.429. The van der Waals surface area contributed by atoms with Gasteiger partial charge in [-0.3, -0.25) is 9.69 Å². The summed E-state index contributed by atoms with van der Waals surface area (Å²) in [4.78, 5) is 19.4. The van der Waals surface area contributed by atoms with Crippen LogP contribution >= 0.6 is 22.9 Å². The van der Waals surface area contributed by atoms with Crippen molar-refractivity contribution < 1.29 is 22.4 Å². The molecule has 0 aliphatic rings. The van der Waals surface area contributed by atoms with Crippen LogP contribution < -0.4 is 4.90 Å². The van der Waals surface area contributed by atoms with Crippen LogP contribution in [0.3, 0.4) is 0 Å². The first kappa shape index (κ1) is 29.1. The molecule has 0 aliphatic carbocycles. The third kappa shape index (κ3) is 8.55. The van der Waals surface area contributed by atoms with Gasteiger partial charge in [0.1, 0.15) is 0 Å². The van der Waals surface area contributed by atoms with Gasteiger partial charge in [0.25, 0.3) is 0 Å². The number of hydrogen-bond donors (Lipinski definition) is 0. The van der Waals surface area contributed by atoms with Crippen molar-refractivity contribution in [3.05, 3.63) is 64.5 Å². The van der Waals surface area contributed by atoms with E-state index < -0.39 is 11.7 Å². The SMILES string of the molecule is CC(C)CCC[N+](C)(C)CCCC(=O)N(c1cccc(C(F)(F)F)c1)c1nc(-c2cccc(Cl)c2)cs1. The van der Waals surface area contributed by atoms with Crippen molar-refractivity contribution in [1.82, 2.24) is 4.98 Å². The third-order valence-corrected chi connectivity index (χ3v) is 7.24. The fourth-order valence-electron chi connectivity index (χ4n) is 4.14. The van der Waals surface area contributed by atoms with Crippen LogP contribution in [0.25, 0.3) is 11.3 Å². The van der Waals surface area contributed by atoms with E-state index in [9.17, 15) is 18.0 Å². The number of hydrogen-bond acceptors (Lipinski definition) is 3. The third-order valence-electron chi connectivity index (χ3n) is 6.18. The second-order valence-electron chi connectivity index (χ2n) is 10.3. The van der Waals surface area contributed by atoms with E-state index in [4.69, 9.17) is 11.6 Å². The number of nitrogens with zero attached hydrogens (tertiary/aromatic N) is 3. The maximum absolute atomic E-state index is 13.5. The highest BCUT2D eigenvalue weighted by Gasteiger charge is 2.32. The highest BCUT2D eigenvalue weighted by molar-refractivity contribution is 7.14. The topological polar surface area (TPSA) is 33.2 Å². The molecule has 3 rings (SSSR count). The number of amides is 1. The first-order valence-electron chi connectivity index (χ1n) is 12.4. The van der Waals surface area contributed by atoms with Gasteiger partial charge in [-0.2, -0.15) is 13.2 Å². The van der Waals surface area contributed by atoms with E-state index >= 15 is 0 Å². The lowest BCUT2D eigenvalue weighted by Gasteiger charge is -2.30. The summed E-state index contributed by atoms with van der Waals surface area (Å²) < 4.78 is 41.1. The van der Waals surface area contributed by atoms with E-state index in [0.29, 0.717) is 28.2 Å². The lowest BCUT2D eigenvalue weighted by Crippen LogP contribution is -2.41. The quantitative estimate of drug-likeness (QED) is 0.224. The second kappa shape index (κ2) is 12.4. The van der Waals surface area contributed by atoms with Crippen LogP contribution in [0.1, 0.15) is 45.1 Å². The van der Waals surface area contributed by atoms with E-state index in [1.807, 2.05) is 6.07 Å². The van der Waals surface area contributed by atoms with Crippen LogP contribution in [0.15, 0.2) is 53.9 Å². The van der Waals surface area contributed by atoms with Crippen LogP contribution in [0.4, 0.5) is 24.0 Å². The van der Waals surface area contributed by atoms with Crippen LogP contribution in [0.2, 0.25) is 5.02 Å². The lowest BCUT2D eigenvalue weighted by atomic mass is 10.1. The van der Waals surface area contributed by atoms with Gasteiger partial charge in [-0.15, -0.1) is 11.3 Å². The summed E-state index contributed by atoms with van der Waals surface area (Å²) in [6.07, 6.45) is -1.43.